The van der Waals surface area contributed by atoms with Crippen molar-refractivity contribution in [3.05, 3.63) is 88.9 Å². The monoisotopic (exact) mass is 516 g/mol. The van der Waals surface area contributed by atoms with Crippen molar-refractivity contribution in [2.24, 2.45) is 5.92 Å². The van der Waals surface area contributed by atoms with Gasteiger partial charge in [-0.2, -0.15) is 13.2 Å². The Bertz CT molecular complexity index is 1280. The van der Waals surface area contributed by atoms with Crippen molar-refractivity contribution in [2.45, 2.75) is 25.2 Å². The van der Waals surface area contributed by atoms with Crippen LogP contribution in [0.1, 0.15) is 24.1 Å². The molecule has 3 aromatic carbocycles. The van der Waals surface area contributed by atoms with E-state index < -0.39 is 41.6 Å². The second-order valence-corrected chi connectivity index (χ2v) is 8.79. The summed E-state index contributed by atoms with van der Waals surface area (Å²) in [5, 5.41) is 1.87. The van der Waals surface area contributed by atoms with Crippen LogP contribution in [-0.2, 0) is 20.6 Å². The van der Waals surface area contributed by atoms with E-state index in [2.05, 4.69) is 0 Å². The second kappa shape index (κ2) is 9.15. The number of nitrogens with zero attached hydrogens (tertiary/aromatic N) is 2. The molecule has 36 heavy (non-hydrogen) atoms. The number of hydrogen-bond donors (Lipinski definition) is 0. The fraction of sp³-hybridized carbons (Fsp3) is 0.231. The molecule has 6 nitrogen and oxygen atoms in total. The molecule has 186 valence electrons. The van der Waals surface area contributed by atoms with Gasteiger partial charge < -0.3 is 4.74 Å². The van der Waals surface area contributed by atoms with Gasteiger partial charge in [0.25, 0.3) is 5.91 Å². The average Bonchev–Trinajstić information content (AvgIpc) is 3.36. The number of rotatable bonds is 5. The first kappa shape index (κ1) is 24.1. The summed E-state index contributed by atoms with van der Waals surface area (Å²) in [7, 11) is 0. The number of carbonyl (C=O) groups excluding carboxylic acids is 2. The van der Waals surface area contributed by atoms with Crippen LogP contribution in [0.4, 0.5) is 24.5 Å². The highest BCUT2D eigenvalue weighted by Gasteiger charge is 2.60. The fourth-order valence-corrected chi connectivity index (χ4v) is 4.67. The van der Waals surface area contributed by atoms with Gasteiger partial charge in [0.05, 0.1) is 29.6 Å². The van der Waals surface area contributed by atoms with E-state index in [-0.39, 0.29) is 0 Å². The maximum absolute atomic E-state index is 13.6. The number of hydrogen-bond acceptors (Lipinski definition) is 5. The minimum atomic E-state index is -4.51. The van der Waals surface area contributed by atoms with Crippen molar-refractivity contribution in [2.75, 3.05) is 16.6 Å². The maximum atomic E-state index is 13.6. The Morgan fingerprint density at radius 1 is 0.889 bits per heavy atom. The minimum absolute atomic E-state index is 0.357. The van der Waals surface area contributed by atoms with Gasteiger partial charge in [-0.3, -0.25) is 14.4 Å². The molecule has 2 amide bonds. The Hall–Kier alpha value is -3.56. The lowest BCUT2D eigenvalue weighted by atomic mass is 9.90. The van der Waals surface area contributed by atoms with Crippen molar-refractivity contribution in [3.63, 3.8) is 0 Å². The van der Waals surface area contributed by atoms with Crippen LogP contribution in [0.5, 0.6) is 5.75 Å². The molecule has 2 heterocycles. The highest BCUT2D eigenvalue weighted by atomic mass is 35.5. The lowest BCUT2D eigenvalue weighted by Crippen LogP contribution is -2.37. The summed E-state index contributed by atoms with van der Waals surface area (Å²) < 4.78 is 44.9. The molecule has 3 atom stereocenters. The Morgan fingerprint density at radius 2 is 1.50 bits per heavy atom. The van der Waals surface area contributed by atoms with E-state index in [4.69, 9.17) is 21.2 Å². The van der Waals surface area contributed by atoms with E-state index in [1.165, 1.54) is 17.2 Å². The van der Waals surface area contributed by atoms with Crippen LogP contribution in [0.15, 0.2) is 72.8 Å². The summed E-state index contributed by atoms with van der Waals surface area (Å²) in [5.41, 5.74) is 0.451. The maximum Gasteiger partial charge on any atom is 0.416 e. The summed E-state index contributed by atoms with van der Waals surface area (Å²) in [6.07, 6.45) is -5.65. The normalized spacial score (nSPS) is 21.8. The quantitative estimate of drug-likeness (QED) is 0.401. The predicted octanol–water partition coefficient (Wildman–Crippen LogP) is 5.81. The summed E-state index contributed by atoms with van der Waals surface area (Å²) >= 11 is 6.00. The smallest absolute Gasteiger partial charge is 0.416 e. The van der Waals surface area contributed by atoms with Crippen molar-refractivity contribution >= 4 is 34.8 Å². The third kappa shape index (κ3) is 4.18. The van der Waals surface area contributed by atoms with Crippen molar-refractivity contribution in [1.82, 2.24) is 0 Å². The highest BCUT2D eigenvalue weighted by molar-refractivity contribution is 6.30. The van der Waals surface area contributed by atoms with Gasteiger partial charge in [0.15, 0.2) is 6.10 Å². The third-order valence-corrected chi connectivity index (χ3v) is 6.43. The van der Waals surface area contributed by atoms with Gasteiger partial charge >= 0.3 is 6.18 Å². The standard InChI is InChI=1S/C26H20ClF3N2O4/c1-2-35-20-13-11-18(12-14-20)31-24(33)21-22(15-3-5-16(6-4-15)26(28,29)30)32(36-23(21)25(31)34)19-9-7-17(27)8-10-19/h3-14,21-23H,2H2,1H3/t21-,22-,23+/m1/s1. The second-order valence-electron chi connectivity index (χ2n) is 8.36. The van der Waals surface area contributed by atoms with Gasteiger partial charge in [0, 0.05) is 5.02 Å². The molecule has 10 heteroatoms. The molecule has 5 rings (SSSR count). The molecule has 0 bridgehead atoms. The molecular weight excluding hydrogens is 497 g/mol. The van der Waals surface area contributed by atoms with E-state index >= 15 is 0 Å². The van der Waals surface area contributed by atoms with E-state index in [1.807, 2.05) is 6.92 Å². The molecule has 0 radical (unpaired) electrons. The molecule has 0 saturated carbocycles. The van der Waals surface area contributed by atoms with Crippen LogP contribution < -0.4 is 14.7 Å². The molecule has 2 fully saturated rings. The number of benzene rings is 3. The first-order valence-electron chi connectivity index (χ1n) is 11.2. The highest BCUT2D eigenvalue weighted by Crippen LogP contribution is 2.48. The molecule has 0 unspecified atom stereocenters. The number of imide groups is 1. The third-order valence-electron chi connectivity index (χ3n) is 6.18. The number of amides is 2. The number of hydroxylamine groups is 1. The lowest BCUT2D eigenvalue weighted by Gasteiger charge is -2.29. The summed E-state index contributed by atoms with van der Waals surface area (Å²) in [6, 6.07) is 16.7. The molecule has 0 N–H and O–H groups in total. The Morgan fingerprint density at radius 3 is 2.08 bits per heavy atom. The van der Waals surface area contributed by atoms with Gasteiger partial charge in [0.2, 0.25) is 5.91 Å². The Kier molecular flexibility index (Phi) is 6.13. The SMILES string of the molecule is CCOc1ccc(N2C(=O)[C@H]3[C@H](ON(c4ccc(Cl)cc4)[C@@H]3c3ccc(C(F)(F)F)cc3)C2=O)cc1. The molecular formula is C26H20ClF3N2O4. The molecule has 2 aliphatic rings. The van der Waals surface area contributed by atoms with Crippen LogP contribution in [0.25, 0.3) is 0 Å². The molecule has 0 aromatic heterocycles. The summed E-state index contributed by atoms with van der Waals surface area (Å²) in [4.78, 5) is 34.0. The average molecular weight is 517 g/mol. The lowest BCUT2D eigenvalue weighted by molar-refractivity contribution is -0.137. The number of carbonyl (C=O) groups is 2. The topological polar surface area (TPSA) is 59.1 Å². The van der Waals surface area contributed by atoms with Gasteiger partial charge in [-0.1, -0.05) is 23.7 Å². The Balaban J connectivity index is 1.53. The van der Waals surface area contributed by atoms with Crippen LogP contribution in [0, 0.1) is 5.92 Å². The number of ether oxygens (including phenoxy) is 1. The number of halogens is 4. The van der Waals surface area contributed by atoms with Gasteiger partial charge in [-0.25, -0.2) is 9.96 Å². The number of anilines is 2. The van der Waals surface area contributed by atoms with Crippen molar-refractivity contribution in [1.29, 1.82) is 0 Å². The predicted molar refractivity (Wildman–Crippen MR) is 127 cm³/mol. The van der Waals surface area contributed by atoms with Gasteiger partial charge in [0.1, 0.15) is 11.7 Å². The zero-order chi connectivity index (χ0) is 25.6. The molecule has 2 saturated heterocycles. The van der Waals surface area contributed by atoms with E-state index in [0.29, 0.717) is 34.3 Å². The fourth-order valence-electron chi connectivity index (χ4n) is 4.55. The van der Waals surface area contributed by atoms with Gasteiger partial charge in [-0.05, 0) is 73.2 Å². The first-order valence-corrected chi connectivity index (χ1v) is 11.6. The molecule has 2 aliphatic heterocycles. The van der Waals surface area contributed by atoms with Crippen molar-refractivity contribution in [3.8, 4) is 5.75 Å². The Labute approximate surface area is 209 Å². The summed E-state index contributed by atoms with van der Waals surface area (Å²) in [5.74, 6) is -1.44. The number of alkyl halides is 3. The minimum Gasteiger partial charge on any atom is -0.494 e. The van der Waals surface area contributed by atoms with E-state index in [0.717, 1.165) is 17.0 Å². The number of fused-ring (bicyclic) bond motifs is 1. The largest absolute Gasteiger partial charge is 0.494 e. The van der Waals surface area contributed by atoms with E-state index in [9.17, 15) is 22.8 Å². The van der Waals surface area contributed by atoms with Crippen LogP contribution >= 0.6 is 11.6 Å². The zero-order valence-electron chi connectivity index (χ0n) is 18.9. The van der Waals surface area contributed by atoms with Crippen LogP contribution in [-0.4, -0.2) is 24.5 Å². The molecule has 0 aliphatic carbocycles. The molecule has 0 spiro atoms. The van der Waals surface area contributed by atoms with Crippen molar-refractivity contribution < 1.29 is 32.3 Å². The van der Waals surface area contributed by atoms with Gasteiger partial charge in [-0.15, -0.1) is 0 Å². The summed E-state index contributed by atoms with van der Waals surface area (Å²) in [6.45, 7) is 2.31. The molecule has 3 aromatic rings. The van der Waals surface area contributed by atoms with Crippen LogP contribution in [0.3, 0.4) is 0 Å². The zero-order valence-corrected chi connectivity index (χ0v) is 19.7. The van der Waals surface area contributed by atoms with E-state index in [1.54, 1.807) is 48.5 Å². The first-order chi connectivity index (χ1) is 17.2. The van der Waals surface area contributed by atoms with Crippen LogP contribution in [0.2, 0.25) is 5.02 Å².